The zero-order valence-corrected chi connectivity index (χ0v) is 27.9. The molecule has 0 N–H and O–H groups in total. The molecule has 0 aliphatic heterocycles. The van der Waals surface area contributed by atoms with E-state index in [1.165, 1.54) is 43.8 Å². The van der Waals surface area contributed by atoms with Gasteiger partial charge in [-0.25, -0.2) is 9.97 Å². The molecule has 0 fully saturated rings. The second kappa shape index (κ2) is 9.31. The molecule has 4 aromatic heterocycles. The van der Waals surface area contributed by atoms with Gasteiger partial charge in [-0.05, 0) is 34.9 Å². The summed E-state index contributed by atoms with van der Waals surface area (Å²) >= 11 is 0. The quantitative estimate of drug-likeness (QED) is 0.186. The Hall–Kier alpha value is -6.66. The van der Waals surface area contributed by atoms with E-state index < -0.39 is 0 Å². The minimum atomic E-state index is -0.141. The molecule has 0 radical (unpaired) electrons. The van der Waals surface area contributed by atoms with Crippen molar-refractivity contribution in [2.24, 2.45) is 0 Å². The fourth-order valence-corrected chi connectivity index (χ4v) is 9.09. The van der Waals surface area contributed by atoms with Crippen molar-refractivity contribution in [3.05, 3.63) is 145 Å². The zero-order valence-electron chi connectivity index (χ0n) is 27.9. The second-order valence-electron chi connectivity index (χ2n) is 14.3. The van der Waals surface area contributed by atoms with Crippen LogP contribution in [0.5, 0.6) is 0 Å². The van der Waals surface area contributed by atoms with E-state index in [0.717, 1.165) is 50.0 Å². The molecule has 0 bridgehead atoms. The number of fused-ring (bicyclic) bond motifs is 13. The van der Waals surface area contributed by atoms with Gasteiger partial charge in [-0.3, -0.25) is 9.13 Å². The lowest BCUT2D eigenvalue weighted by Gasteiger charge is -2.21. The SMILES string of the molecule is CC1(C)c2ccccc2-c2c1ccc1c3ccccc3n(-c3nc4c5c(nc(-n6c7ccccc7c7ccccc76)nc5n3)-c3ccccc3-4)c21. The van der Waals surface area contributed by atoms with Crippen molar-refractivity contribution < 1.29 is 0 Å². The summed E-state index contributed by atoms with van der Waals surface area (Å²) in [6, 6.07) is 47.4. The Morgan fingerprint density at radius 1 is 0.431 bits per heavy atom. The number of aromatic nitrogens is 6. The summed E-state index contributed by atoms with van der Waals surface area (Å²) in [5, 5.41) is 5.58. The third-order valence-corrected chi connectivity index (χ3v) is 11.3. The van der Waals surface area contributed by atoms with Gasteiger partial charge in [0.2, 0.25) is 11.9 Å². The third kappa shape index (κ3) is 3.32. The lowest BCUT2D eigenvalue weighted by molar-refractivity contribution is 0.661. The van der Waals surface area contributed by atoms with E-state index in [2.05, 4.69) is 156 Å². The van der Waals surface area contributed by atoms with Gasteiger partial charge < -0.3 is 0 Å². The molecule has 0 unspecified atom stereocenters. The topological polar surface area (TPSA) is 61.4 Å². The van der Waals surface area contributed by atoms with Crippen LogP contribution in [0.3, 0.4) is 0 Å². The predicted octanol–water partition coefficient (Wildman–Crippen LogP) is 10.6. The monoisotopic (exact) mass is 652 g/mol. The molecular formula is C45H28N6. The van der Waals surface area contributed by atoms with Crippen LogP contribution in [0.25, 0.3) is 100 Å². The highest BCUT2D eigenvalue weighted by molar-refractivity contribution is 6.16. The predicted molar refractivity (Wildman–Crippen MR) is 206 cm³/mol. The van der Waals surface area contributed by atoms with Gasteiger partial charge in [0.1, 0.15) is 0 Å². The highest BCUT2D eigenvalue weighted by atomic mass is 15.2. The van der Waals surface area contributed by atoms with E-state index in [-0.39, 0.29) is 5.41 Å². The highest BCUT2D eigenvalue weighted by Crippen LogP contribution is 2.53. The molecule has 0 atom stereocenters. The van der Waals surface area contributed by atoms with Crippen LogP contribution in [0.2, 0.25) is 0 Å². The van der Waals surface area contributed by atoms with Gasteiger partial charge >= 0.3 is 0 Å². The van der Waals surface area contributed by atoms with Gasteiger partial charge in [-0.1, -0.05) is 129 Å². The molecule has 6 heteroatoms. The second-order valence-corrected chi connectivity index (χ2v) is 14.3. The largest absolute Gasteiger partial charge is 0.278 e. The van der Waals surface area contributed by atoms with Crippen molar-refractivity contribution in [3.8, 4) is 45.5 Å². The molecule has 10 aromatic rings. The summed E-state index contributed by atoms with van der Waals surface area (Å²) in [7, 11) is 0. The average Bonchev–Trinajstić information content (AvgIpc) is 3.86. The number of para-hydroxylation sites is 3. The lowest BCUT2D eigenvalue weighted by Crippen LogP contribution is -2.14. The zero-order chi connectivity index (χ0) is 33.6. The van der Waals surface area contributed by atoms with Crippen molar-refractivity contribution in [2.45, 2.75) is 19.3 Å². The van der Waals surface area contributed by atoms with Crippen LogP contribution < -0.4 is 0 Å². The number of hydrogen-bond acceptors (Lipinski definition) is 4. The average molecular weight is 653 g/mol. The molecule has 51 heavy (non-hydrogen) atoms. The lowest BCUT2D eigenvalue weighted by atomic mass is 9.82. The van der Waals surface area contributed by atoms with Crippen molar-refractivity contribution in [3.63, 3.8) is 0 Å². The van der Waals surface area contributed by atoms with E-state index in [9.17, 15) is 0 Å². The molecule has 0 saturated carbocycles. The van der Waals surface area contributed by atoms with E-state index >= 15 is 0 Å². The van der Waals surface area contributed by atoms with Crippen LogP contribution in [0.4, 0.5) is 0 Å². The Labute approximate surface area is 292 Å². The molecule has 0 amide bonds. The Kier molecular flexibility index (Phi) is 4.97. The fourth-order valence-electron chi connectivity index (χ4n) is 9.09. The summed E-state index contributed by atoms with van der Waals surface area (Å²) in [6.07, 6.45) is 0. The van der Waals surface area contributed by atoms with E-state index in [1.807, 2.05) is 0 Å². The summed E-state index contributed by atoms with van der Waals surface area (Å²) in [4.78, 5) is 21.4. The van der Waals surface area contributed by atoms with Crippen molar-refractivity contribution in [1.82, 2.24) is 29.1 Å². The van der Waals surface area contributed by atoms with Gasteiger partial charge in [0.25, 0.3) is 0 Å². The maximum absolute atomic E-state index is 5.43. The number of benzene rings is 6. The molecule has 0 saturated heterocycles. The van der Waals surface area contributed by atoms with Gasteiger partial charge in [0.15, 0.2) is 5.65 Å². The first-order chi connectivity index (χ1) is 25.1. The summed E-state index contributed by atoms with van der Waals surface area (Å²) in [6.45, 7) is 4.66. The molecule has 238 valence electrons. The Bertz CT molecular complexity index is 3130. The van der Waals surface area contributed by atoms with Crippen molar-refractivity contribution in [1.29, 1.82) is 0 Å². The highest BCUT2D eigenvalue weighted by Gasteiger charge is 2.38. The van der Waals surface area contributed by atoms with Crippen LogP contribution in [0.1, 0.15) is 25.0 Å². The minimum Gasteiger partial charge on any atom is -0.278 e. The van der Waals surface area contributed by atoms with Crippen LogP contribution >= 0.6 is 0 Å². The molecule has 6 aromatic carbocycles. The summed E-state index contributed by atoms with van der Waals surface area (Å²) < 4.78 is 4.45. The molecule has 2 aliphatic carbocycles. The van der Waals surface area contributed by atoms with E-state index in [4.69, 9.17) is 19.9 Å². The van der Waals surface area contributed by atoms with Gasteiger partial charge in [-0.15, -0.1) is 0 Å². The van der Waals surface area contributed by atoms with Crippen molar-refractivity contribution in [2.75, 3.05) is 0 Å². The van der Waals surface area contributed by atoms with Crippen LogP contribution in [-0.4, -0.2) is 29.1 Å². The van der Waals surface area contributed by atoms with Crippen LogP contribution in [0, 0.1) is 0 Å². The summed E-state index contributed by atoms with van der Waals surface area (Å²) in [5.41, 5.74) is 13.8. The van der Waals surface area contributed by atoms with Crippen molar-refractivity contribution >= 4 is 54.6 Å². The smallest absolute Gasteiger partial charge is 0.237 e. The number of hydrogen-bond donors (Lipinski definition) is 0. The van der Waals surface area contributed by atoms with Crippen LogP contribution in [-0.2, 0) is 5.41 Å². The molecule has 0 spiro atoms. The number of rotatable bonds is 2. The van der Waals surface area contributed by atoms with Gasteiger partial charge in [0, 0.05) is 43.7 Å². The number of nitrogens with zero attached hydrogens (tertiary/aromatic N) is 6. The maximum atomic E-state index is 5.43. The fraction of sp³-hybridized carbons (Fsp3) is 0.0667. The minimum absolute atomic E-state index is 0.141. The third-order valence-electron chi connectivity index (χ3n) is 11.3. The molecular weight excluding hydrogens is 625 g/mol. The molecule has 6 nitrogen and oxygen atoms in total. The molecule has 2 aliphatic rings. The molecule has 12 rings (SSSR count). The van der Waals surface area contributed by atoms with Crippen LogP contribution in [0.15, 0.2) is 133 Å². The van der Waals surface area contributed by atoms with E-state index in [0.29, 0.717) is 17.5 Å². The standard InChI is InChI=1S/C45H28N6/c1-45(2)32-19-9-5-18-31(32)37-33(45)24-23-30-27-15-8-12-22-36(27)51(41(30)37)44-47-40-29-17-4-3-16-28(29)39-38(40)42(49-44)48-43(46-39)50-34-20-10-6-13-25(34)26-14-7-11-21-35(26)50/h3-24H,1-2H3. The Morgan fingerprint density at radius 3 is 1.55 bits per heavy atom. The first-order valence-corrected chi connectivity index (χ1v) is 17.4. The van der Waals surface area contributed by atoms with Gasteiger partial charge in [-0.2, -0.15) is 9.97 Å². The normalized spacial score (nSPS) is 13.8. The maximum Gasteiger partial charge on any atom is 0.237 e. The Morgan fingerprint density at radius 2 is 0.922 bits per heavy atom. The summed E-state index contributed by atoms with van der Waals surface area (Å²) in [5.74, 6) is 1.20. The first-order valence-electron chi connectivity index (χ1n) is 17.4. The first kappa shape index (κ1) is 27.2. The molecule has 4 heterocycles. The van der Waals surface area contributed by atoms with Gasteiger partial charge in [0.05, 0.1) is 38.8 Å². The Balaban J connectivity index is 1.23. The van der Waals surface area contributed by atoms with E-state index in [1.54, 1.807) is 0 Å².